The third-order valence-electron chi connectivity index (χ3n) is 3.96. The molecule has 118 valence electrons. The zero-order valence-corrected chi connectivity index (χ0v) is 13.3. The molecule has 0 spiro atoms. The summed E-state index contributed by atoms with van der Waals surface area (Å²) in [7, 11) is 0. The number of ether oxygens (including phenoxy) is 2. The lowest BCUT2D eigenvalue weighted by Gasteiger charge is -2.25. The van der Waals surface area contributed by atoms with E-state index in [9.17, 15) is 9.59 Å². The molecule has 0 atom stereocenters. The monoisotopic (exact) mass is 302 g/mol. The number of benzene rings is 1. The Morgan fingerprint density at radius 2 is 1.64 bits per heavy atom. The Kier molecular flexibility index (Phi) is 5.36. The molecule has 0 saturated carbocycles. The van der Waals surface area contributed by atoms with Gasteiger partial charge in [0.2, 0.25) is 0 Å². The van der Waals surface area contributed by atoms with E-state index >= 15 is 0 Å². The first-order chi connectivity index (χ1) is 10.6. The van der Waals surface area contributed by atoms with Crippen molar-refractivity contribution in [3.8, 4) is 0 Å². The van der Waals surface area contributed by atoms with Gasteiger partial charge in [-0.1, -0.05) is 24.3 Å². The Morgan fingerprint density at radius 1 is 1.05 bits per heavy atom. The molecule has 0 amide bonds. The van der Waals surface area contributed by atoms with Crippen LogP contribution in [0.15, 0.2) is 29.8 Å². The topological polar surface area (TPSA) is 52.6 Å². The maximum atomic E-state index is 12.3. The standard InChI is InChI=1S/C18H22O4/c1-4-21-17(19)16(18(20)22-5-2)15-11-10-13-8-6-7-9-14(13)12(15)3/h6-9,16H,4-5,10-11H2,1-3H3. The van der Waals surface area contributed by atoms with Crippen LogP contribution >= 0.6 is 0 Å². The summed E-state index contributed by atoms with van der Waals surface area (Å²) in [5, 5.41) is 0. The van der Waals surface area contributed by atoms with Crippen LogP contribution in [-0.4, -0.2) is 25.2 Å². The quantitative estimate of drug-likeness (QED) is 0.619. The number of carbonyl (C=O) groups is 2. The second-order valence-electron chi connectivity index (χ2n) is 5.24. The van der Waals surface area contributed by atoms with E-state index in [0.717, 1.165) is 23.1 Å². The van der Waals surface area contributed by atoms with Gasteiger partial charge in [-0.25, -0.2) is 0 Å². The molecule has 0 unspecified atom stereocenters. The highest BCUT2D eigenvalue weighted by Gasteiger charge is 2.35. The fraction of sp³-hybridized carbons (Fsp3) is 0.444. The smallest absolute Gasteiger partial charge is 0.324 e. The number of hydrogen-bond donors (Lipinski definition) is 0. The molecule has 0 aliphatic heterocycles. The van der Waals surface area contributed by atoms with Gasteiger partial charge in [-0.2, -0.15) is 0 Å². The molecule has 0 fully saturated rings. The summed E-state index contributed by atoms with van der Waals surface area (Å²) in [6, 6.07) is 8.08. The molecule has 1 aromatic carbocycles. The van der Waals surface area contributed by atoms with Gasteiger partial charge in [0.15, 0.2) is 5.92 Å². The first kappa shape index (κ1) is 16.3. The maximum absolute atomic E-state index is 12.3. The zero-order valence-electron chi connectivity index (χ0n) is 13.3. The van der Waals surface area contributed by atoms with Crippen LogP contribution in [0.4, 0.5) is 0 Å². The fourth-order valence-corrected chi connectivity index (χ4v) is 2.93. The summed E-state index contributed by atoms with van der Waals surface area (Å²) >= 11 is 0. The van der Waals surface area contributed by atoms with Crippen molar-refractivity contribution in [1.82, 2.24) is 0 Å². The average Bonchev–Trinajstić information content (AvgIpc) is 2.51. The number of carbonyl (C=O) groups excluding carboxylic acids is 2. The SMILES string of the molecule is CCOC(=O)C(C(=O)OCC)C1=C(C)c2ccccc2CC1. The van der Waals surface area contributed by atoms with Crippen molar-refractivity contribution in [2.45, 2.75) is 33.6 Å². The number of hydrogen-bond acceptors (Lipinski definition) is 4. The normalized spacial score (nSPS) is 13.8. The van der Waals surface area contributed by atoms with Crippen LogP contribution in [0.1, 0.15) is 38.3 Å². The zero-order chi connectivity index (χ0) is 16.1. The van der Waals surface area contributed by atoms with Gasteiger partial charge in [-0.15, -0.1) is 0 Å². The Labute approximate surface area is 131 Å². The summed E-state index contributed by atoms with van der Waals surface area (Å²) in [6.45, 7) is 5.92. The molecule has 0 saturated heterocycles. The molecule has 1 aliphatic rings. The molecule has 1 aliphatic carbocycles. The highest BCUT2D eigenvalue weighted by atomic mass is 16.6. The van der Waals surface area contributed by atoms with E-state index in [0.29, 0.717) is 6.42 Å². The Morgan fingerprint density at radius 3 is 2.23 bits per heavy atom. The third kappa shape index (κ3) is 3.21. The highest BCUT2D eigenvalue weighted by molar-refractivity contribution is 6.00. The van der Waals surface area contributed by atoms with Gasteiger partial charge in [0, 0.05) is 0 Å². The van der Waals surface area contributed by atoms with Gasteiger partial charge in [0.25, 0.3) is 0 Å². The van der Waals surface area contributed by atoms with E-state index < -0.39 is 17.9 Å². The van der Waals surface area contributed by atoms with Crippen molar-refractivity contribution in [2.24, 2.45) is 5.92 Å². The number of aryl methyl sites for hydroxylation is 1. The van der Waals surface area contributed by atoms with E-state index in [4.69, 9.17) is 9.47 Å². The van der Waals surface area contributed by atoms with Crippen LogP contribution in [0.3, 0.4) is 0 Å². The van der Waals surface area contributed by atoms with Crippen LogP contribution in [0.5, 0.6) is 0 Å². The molecule has 4 heteroatoms. The van der Waals surface area contributed by atoms with Crippen LogP contribution in [0, 0.1) is 5.92 Å². The van der Waals surface area contributed by atoms with Crippen molar-refractivity contribution < 1.29 is 19.1 Å². The van der Waals surface area contributed by atoms with Crippen molar-refractivity contribution in [1.29, 1.82) is 0 Å². The Bertz CT molecular complexity index is 583. The largest absolute Gasteiger partial charge is 0.465 e. The number of rotatable bonds is 5. The molecular weight excluding hydrogens is 280 g/mol. The van der Waals surface area contributed by atoms with Gasteiger partial charge in [0.05, 0.1) is 13.2 Å². The van der Waals surface area contributed by atoms with E-state index in [1.54, 1.807) is 13.8 Å². The minimum absolute atomic E-state index is 0.248. The summed E-state index contributed by atoms with van der Waals surface area (Å²) in [5.41, 5.74) is 4.14. The van der Waals surface area contributed by atoms with Crippen LogP contribution < -0.4 is 0 Å². The maximum Gasteiger partial charge on any atom is 0.324 e. The summed E-state index contributed by atoms with van der Waals surface area (Å²) < 4.78 is 10.2. The molecular formula is C18H22O4. The first-order valence-electron chi connectivity index (χ1n) is 7.71. The second kappa shape index (κ2) is 7.25. The van der Waals surface area contributed by atoms with Crippen molar-refractivity contribution in [3.63, 3.8) is 0 Å². The van der Waals surface area contributed by atoms with E-state index in [-0.39, 0.29) is 13.2 Å². The van der Waals surface area contributed by atoms with Crippen molar-refractivity contribution >= 4 is 17.5 Å². The summed E-state index contributed by atoms with van der Waals surface area (Å²) in [6.07, 6.45) is 1.49. The molecule has 0 bridgehead atoms. The van der Waals surface area contributed by atoms with Gasteiger partial charge >= 0.3 is 11.9 Å². The third-order valence-corrected chi connectivity index (χ3v) is 3.96. The Hall–Kier alpha value is -2.10. The molecule has 0 aromatic heterocycles. The lowest BCUT2D eigenvalue weighted by atomic mass is 9.80. The van der Waals surface area contributed by atoms with Crippen LogP contribution in [0.2, 0.25) is 0 Å². The van der Waals surface area contributed by atoms with Crippen molar-refractivity contribution in [2.75, 3.05) is 13.2 Å². The number of fused-ring (bicyclic) bond motifs is 1. The molecule has 0 N–H and O–H groups in total. The van der Waals surface area contributed by atoms with Gasteiger partial charge in [-0.05, 0) is 55.9 Å². The minimum atomic E-state index is -0.951. The predicted molar refractivity (Wildman–Crippen MR) is 84.1 cm³/mol. The molecule has 4 nitrogen and oxygen atoms in total. The minimum Gasteiger partial charge on any atom is -0.465 e. The summed E-state index contributed by atoms with van der Waals surface area (Å²) in [4.78, 5) is 24.5. The predicted octanol–water partition coefficient (Wildman–Crippen LogP) is 3.15. The van der Waals surface area contributed by atoms with Crippen molar-refractivity contribution in [3.05, 3.63) is 41.0 Å². The van der Waals surface area contributed by atoms with Gasteiger partial charge in [-0.3, -0.25) is 9.59 Å². The van der Waals surface area contributed by atoms with E-state index in [2.05, 4.69) is 6.07 Å². The van der Waals surface area contributed by atoms with Gasteiger partial charge in [0.1, 0.15) is 0 Å². The molecule has 22 heavy (non-hydrogen) atoms. The first-order valence-corrected chi connectivity index (χ1v) is 7.71. The molecule has 0 heterocycles. The fourth-order valence-electron chi connectivity index (χ4n) is 2.93. The average molecular weight is 302 g/mol. The molecule has 0 radical (unpaired) electrons. The number of esters is 2. The summed E-state index contributed by atoms with van der Waals surface area (Å²) in [5.74, 6) is -1.99. The lowest BCUT2D eigenvalue weighted by Crippen LogP contribution is -2.31. The van der Waals surface area contributed by atoms with Crippen LogP contribution in [0.25, 0.3) is 5.57 Å². The van der Waals surface area contributed by atoms with Gasteiger partial charge < -0.3 is 9.47 Å². The van der Waals surface area contributed by atoms with E-state index in [1.807, 2.05) is 25.1 Å². The molecule has 1 aromatic rings. The molecule has 2 rings (SSSR count). The second-order valence-corrected chi connectivity index (χ2v) is 5.24. The van der Waals surface area contributed by atoms with Crippen LogP contribution in [-0.2, 0) is 25.5 Å². The Balaban J connectivity index is 2.43. The highest BCUT2D eigenvalue weighted by Crippen LogP contribution is 2.35. The lowest BCUT2D eigenvalue weighted by molar-refractivity contribution is -0.159. The number of allylic oxidation sites excluding steroid dienone is 1. The van der Waals surface area contributed by atoms with E-state index in [1.165, 1.54) is 5.56 Å².